The van der Waals surface area contributed by atoms with Crippen molar-refractivity contribution in [2.24, 2.45) is 0 Å². The SMILES string of the molecule is CCC(C)c1ccccc1.COC1CCC2CCC(=O)N21. The average molecular weight is 289 g/mol. The highest BCUT2D eigenvalue weighted by Crippen LogP contribution is 2.33. The van der Waals surface area contributed by atoms with Gasteiger partial charge in [-0.25, -0.2) is 0 Å². The van der Waals surface area contributed by atoms with Gasteiger partial charge in [0.15, 0.2) is 0 Å². The summed E-state index contributed by atoms with van der Waals surface area (Å²) in [6.45, 7) is 4.48. The Morgan fingerprint density at radius 3 is 2.57 bits per heavy atom. The third-order valence-corrected chi connectivity index (χ3v) is 4.68. The molecule has 0 aliphatic carbocycles. The normalized spacial score (nSPS) is 25.3. The minimum absolute atomic E-state index is 0.0787. The van der Waals surface area contributed by atoms with Gasteiger partial charge in [-0.05, 0) is 37.2 Å². The van der Waals surface area contributed by atoms with Gasteiger partial charge in [0.1, 0.15) is 6.23 Å². The largest absolute Gasteiger partial charge is 0.362 e. The van der Waals surface area contributed by atoms with Gasteiger partial charge in [-0.2, -0.15) is 0 Å². The van der Waals surface area contributed by atoms with E-state index in [0.29, 0.717) is 12.0 Å². The van der Waals surface area contributed by atoms with Crippen LogP contribution in [-0.2, 0) is 9.53 Å². The predicted molar refractivity (Wildman–Crippen MR) is 85.0 cm³/mol. The van der Waals surface area contributed by atoms with Crippen molar-refractivity contribution in [3.05, 3.63) is 35.9 Å². The summed E-state index contributed by atoms with van der Waals surface area (Å²) in [6, 6.07) is 11.1. The first-order chi connectivity index (χ1) is 10.2. The van der Waals surface area contributed by atoms with Gasteiger partial charge in [-0.1, -0.05) is 44.2 Å². The van der Waals surface area contributed by atoms with Crippen molar-refractivity contribution in [1.29, 1.82) is 0 Å². The Labute approximate surface area is 128 Å². The van der Waals surface area contributed by atoms with Crippen LogP contribution in [0.5, 0.6) is 0 Å². The zero-order valence-electron chi connectivity index (χ0n) is 13.4. The first kappa shape index (κ1) is 16.0. The fourth-order valence-electron chi connectivity index (χ4n) is 3.16. The highest BCUT2D eigenvalue weighted by Gasteiger charge is 2.41. The van der Waals surface area contributed by atoms with Gasteiger partial charge in [-0.3, -0.25) is 4.79 Å². The van der Waals surface area contributed by atoms with Crippen molar-refractivity contribution in [2.45, 2.75) is 64.1 Å². The van der Waals surface area contributed by atoms with Gasteiger partial charge < -0.3 is 9.64 Å². The molecule has 21 heavy (non-hydrogen) atoms. The lowest BCUT2D eigenvalue weighted by Gasteiger charge is -2.22. The molecule has 2 aliphatic heterocycles. The zero-order valence-corrected chi connectivity index (χ0v) is 13.4. The van der Waals surface area contributed by atoms with E-state index in [4.69, 9.17) is 4.74 Å². The van der Waals surface area contributed by atoms with Crippen molar-refractivity contribution in [3.8, 4) is 0 Å². The second-order valence-electron chi connectivity index (χ2n) is 5.98. The molecule has 2 aliphatic rings. The maximum atomic E-state index is 11.3. The fraction of sp³-hybridized carbons (Fsp3) is 0.611. The summed E-state index contributed by atoms with van der Waals surface area (Å²) in [5, 5.41) is 0. The van der Waals surface area contributed by atoms with Gasteiger partial charge in [0.05, 0.1) is 0 Å². The highest BCUT2D eigenvalue weighted by molar-refractivity contribution is 5.79. The fourth-order valence-corrected chi connectivity index (χ4v) is 3.16. The molecule has 2 saturated heterocycles. The van der Waals surface area contributed by atoms with E-state index in [0.717, 1.165) is 25.7 Å². The molecule has 116 valence electrons. The van der Waals surface area contributed by atoms with E-state index in [-0.39, 0.29) is 12.1 Å². The third kappa shape index (κ3) is 3.85. The lowest BCUT2D eigenvalue weighted by molar-refractivity contribution is -0.137. The van der Waals surface area contributed by atoms with Crippen molar-refractivity contribution in [1.82, 2.24) is 4.90 Å². The molecular formula is C18H27NO2. The summed E-state index contributed by atoms with van der Waals surface area (Å²) >= 11 is 0. The number of methoxy groups -OCH3 is 1. The second-order valence-corrected chi connectivity index (χ2v) is 5.98. The molecule has 3 atom stereocenters. The summed E-state index contributed by atoms with van der Waals surface area (Å²) in [6.07, 6.45) is 5.22. The Kier molecular flexibility index (Phi) is 5.80. The summed E-state index contributed by atoms with van der Waals surface area (Å²) in [5.74, 6) is 0.987. The van der Waals surface area contributed by atoms with Crippen LogP contribution in [0.15, 0.2) is 30.3 Å². The minimum Gasteiger partial charge on any atom is -0.362 e. The number of ether oxygens (including phenoxy) is 1. The maximum absolute atomic E-state index is 11.3. The number of hydrogen-bond donors (Lipinski definition) is 0. The van der Waals surface area contributed by atoms with Crippen LogP contribution in [0, 0.1) is 0 Å². The van der Waals surface area contributed by atoms with Gasteiger partial charge >= 0.3 is 0 Å². The van der Waals surface area contributed by atoms with E-state index in [1.165, 1.54) is 12.0 Å². The van der Waals surface area contributed by atoms with E-state index >= 15 is 0 Å². The Morgan fingerprint density at radius 2 is 1.95 bits per heavy atom. The molecule has 0 radical (unpaired) electrons. The number of rotatable bonds is 3. The van der Waals surface area contributed by atoms with Crippen molar-refractivity contribution in [3.63, 3.8) is 0 Å². The van der Waals surface area contributed by atoms with Gasteiger partial charge in [-0.15, -0.1) is 0 Å². The molecule has 1 aromatic carbocycles. The topological polar surface area (TPSA) is 29.5 Å². The Bertz CT molecular complexity index is 446. The van der Waals surface area contributed by atoms with Gasteiger partial charge in [0, 0.05) is 19.6 Å². The molecule has 1 aromatic rings. The van der Waals surface area contributed by atoms with E-state index in [1.54, 1.807) is 7.11 Å². The molecule has 3 nitrogen and oxygen atoms in total. The number of carbonyl (C=O) groups excluding carboxylic acids is 1. The van der Waals surface area contributed by atoms with Crippen LogP contribution < -0.4 is 0 Å². The Hall–Kier alpha value is -1.35. The maximum Gasteiger partial charge on any atom is 0.224 e. The summed E-state index contributed by atoms with van der Waals surface area (Å²) in [7, 11) is 1.68. The van der Waals surface area contributed by atoms with Crippen LogP contribution in [0.3, 0.4) is 0 Å². The Balaban J connectivity index is 0.000000155. The van der Waals surface area contributed by atoms with Crippen LogP contribution in [0.25, 0.3) is 0 Å². The minimum atomic E-state index is 0.0787. The second kappa shape index (κ2) is 7.60. The molecule has 0 aromatic heterocycles. The van der Waals surface area contributed by atoms with Crippen molar-refractivity contribution in [2.75, 3.05) is 7.11 Å². The monoisotopic (exact) mass is 289 g/mol. The molecule has 0 saturated carbocycles. The molecule has 0 N–H and O–H groups in total. The van der Waals surface area contributed by atoms with Gasteiger partial charge in [0.25, 0.3) is 0 Å². The number of amides is 1. The van der Waals surface area contributed by atoms with Crippen LogP contribution >= 0.6 is 0 Å². The van der Waals surface area contributed by atoms with Crippen LogP contribution in [0.2, 0.25) is 0 Å². The van der Waals surface area contributed by atoms with Gasteiger partial charge in [0.2, 0.25) is 5.91 Å². The molecular weight excluding hydrogens is 262 g/mol. The third-order valence-electron chi connectivity index (χ3n) is 4.68. The van der Waals surface area contributed by atoms with Crippen LogP contribution in [-0.4, -0.2) is 30.2 Å². The lowest BCUT2D eigenvalue weighted by Crippen LogP contribution is -2.35. The van der Waals surface area contributed by atoms with E-state index in [9.17, 15) is 4.79 Å². The number of benzene rings is 1. The first-order valence-electron chi connectivity index (χ1n) is 8.06. The molecule has 2 fully saturated rings. The zero-order chi connectivity index (χ0) is 15.2. The van der Waals surface area contributed by atoms with E-state index < -0.39 is 0 Å². The summed E-state index contributed by atoms with van der Waals surface area (Å²) in [4.78, 5) is 13.2. The average Bonchev–Trinajstić information content (AvgIpc) is 3.11. The quantitative estimate of drug-likeness (QED) is 0.843. The molecule has 3 unspecified atom stereocenters. The first-order valence-corrected chi connectivity index (χ1v) is 8.06. The molecule has 1 amide bonds. The molecule has 0 spiro atoms. The smallest absolute Gasteiger partial charge is 0.224 e. The summed E-state index contributed by atoms with van der Waals surface area (Å²) < 4.78 is 5.20. The molecule has 0 bridgehead atoms. The number of carbonyl (C=O) groups is 1. The number of hydrogen-bond acceptors (Lipinski definition) is 2. The Morgan fingerprint density at radius 1 is 1.24 bits per heavy atom. The van der Waals surface area contributed by atoms with Crippen molar-refractivity contribution < 1.29 is 9.53 Å². The highest BCUT2D eigenvalue weighted by atomic mass is 16.5. The van der Waals surface area contributed by atoms with Crippen molar-refractivity contribution >= 4 is 5.91 Å². The number of fused-ring (bicyclic) bond motifs is 1. The summed E-state index contributed by atoms with van der Waals surface area (Å²) in [5.41, 5.74) is 1.45. The molecule has 3 rings (SSSR count). The lowest BCUT2D eigenvalue weighted by atomic mass is 9.99. The van der Waals surface area contributed by atoms with E-state index in [1.807, 2.05) is 4.90 Å². The van der Waals surface area contributed by atoms with Crippen LogP contribution in [0.4, 0.5) is 0 Å². The molecule has 3 heteroatoms. The van der Waals surface area contributed by atoms with E-state index in [2.05, 4.69) is 44.2 Å². The predicted octanol–water partition coefficient (Wildman–Crippen LogP) is 3.94. The number of nitrogens with zero attached hydrogens (tertiary/aromatic N) is 1. The standard InChI is InChI=1S/C10H14.C8H13NO2/c1-3-9(2)10-7-5-4-6-8-10;1-11-8-5-3-6-2-4-7(10)9(6)8/h4-9H,3H2,1-2H3;6,8H,2-5H2,1H3. The van der Waals surface area contributed by atoms with Crippen LogP contribution in [0.1, 0.15) is 57.4 Å². The molecule has 2 heterocycles.